The van der Waals surface area contributed by atoms with Crippen LogP contribution >= 0.6 is 0 Å². The maximum Gasteiger partial charge on any atom is 0.328 e. The van der Waals surface area contributed by atoms with Crippen molar-refractivity contribution in [1.29, 1.82) is 0 Å². The summed E-state index contributed by atoms with van der Waals surface area (Å²) in [7, 11) is 0. The molecule has 4 fully saturated rings. The van der Waals surface area contributed by atoms with E-state index in [9.17, 15) is 13.6 Å². The van der Waals surface area contributed by atoms with Crippen molar-refractivity contribution >= 4 is 11.7 Å². The molecular weight excluding hydrogens is 390 g/mol. The van der Waals surface area contributed by atoms with Crippen molar-refractivity contribution in [3.63, 3.8) is 0 Å². The first-order chi connectivity index (χ1) is 14.4. The molecule has 1 amide bonds. The van der Waals surface area contributed by atoms with Gasteiger partial charge in [-0.25, -0.2) is 8.78 Å². The number of carbonyl (C=O) groups is 1. The molecule has 1 aliphatic heterocycles. The van der Waals surface area contributed by atoms with Crippen molar-refractivity contribution in [2.75, 3.05) is 13.2 Å². The van der Waals surface area contributed by atoms with Crippen LogP contribution in [-0.4, -0.2) is 40.1 Å². The number of carbonyl (C=O) groups excluding carboxylic acids is 1. The SMILES string of the molecule is [C-]#[N+]c1cncc(OCC23CC(C(=O)N4CC(F)CC4c4cccc(F)c4)(C2)C3)n1. The van der Waals surface area contributed by atoms with Gasteiger partial charge in [-0.3, -0.25) is 9.78 Å². The topological polar surface area (TPSA) is 59.7 Å². The normalized spacial score (nSPS) is 31.4. The second-order valence-electron chi connectivity index (χ2n) is 8.79. The van der Waals surface area contributed by atoms with Gasteiger partial charge in [0.05, 0.1) is 30.8 Å². The van der Waals surface area contributed by atoms with Gasteiger partial charge < -0.3 is 14.5 Å². The van der Waals surface area contributed by atoms with Crippen LogP contribution in [0.5, 0.6) is 5.88 Å². The number of amides is 1. The summed E-state index contributed by atoms with van der Waals surface area (Å²) >= 11 is 0. The van der Waals surface area contributed by atoms with Crippen LogP contribution in [0.15, 0.2) is 36.7 Å². The van der Waals surface area contributed by atoms with Crippen LogP contribution in [0.4, 0.5) is 14.6 Å². The summed E-state index contributed by atoms with van der Waals surface area (Å²) in [6, 6.07) is 5.66. The second-order valence-corrected chi connectivity index (χ2v) is 8.79. The number of benzene rings is 1. The highest BCUT2D eigenvalue weighted by molar-refractivity contribution is 5.87. The Bertz CT molecular complexity index is 1030. The molecule has 0 N–H and O–H groups in total. The quantitative estimate of drug-likeness (QED) is 0.699. The predicted molar refractivity (Wildman–Crippen MR) is 103 cm³/mol. The molecule has 0 radical (unpaired) electrons. The van der Waals surface area contributed by atoms with E-state index < -0.39 is 17.6 Å². The van der Waals surface area contributed by atoms with E-state index in [1.807, 2.05) is 0 Å². The van der Waals surface area contributed by atoms with Gasteiger partial charge in [0.25, 0.3) is 5.82 Å². The fourth-order valence-electron chi connectivity index (χ4n) is 5.41. The lowest BCUT2D eigenvalue weighted by Crippen LogP contribution is -2.69. The number of rotatable bonds is 5. The average molecular weight is 410 g/mol. The molecule has 2 unspecified atom stereocenters. The maximum absolute atomic E-state index is 14.2. The zero-order valence-corrected chi connectivity index (χ0v) is 16.2. The van der Waals surface area contributed by atoms with E-state index in [1.54, 1.807) is 17.0 Å². The maximum atomic E-state index is 14.2. The molecule has 3 aliphatic carbocycles. The molecule has 1 aromatic heterocycles. The number of alkyl halides is 1. The summed E-state index contributed by atoms with van der Waals surface area (Å²) in [6.07, 6.45) is 4.03. The van der Waals surface area contributed by atoms with Crippen molar-refractivity contribution in [2.45, 2.75) is 37.9 Å². The Morgan fingerprint density at radius 3 is 2.87 bits per heavy atom. The van der Waals surface area contributed by atoms with Gasteiger partial charge in [0.15, 0.2) is 0 Å². The lowest BCUT2D eigenvalue weighted by atomic mass is 9.35. The summed E-state index contributed by atoms with van der Waals surface area (Å²) in [6.45, 7) is 7.46. The molecule has 30 heavy (non-hydrogen) atoms. The standard InChI is InChI=1S/C22H20F2N4O2/c1-25-18-7-26-8-19(27-18)30-13-21-10-22(11-21,12-21)20(29)28-9-16(24)6-17(28)14-3-2-4-15(23)5-14/h2-5,7-8,16-17H,6,9-13H2. The minimum absolute atomic E-state index is 0.0337. The monoisotopic (exact) mass is 410 g/mol. The van der Waals surface area contributed by atoms with Crippen LogP contribution < -0.4 is 4.74 Å². The molecule has 2 atom stereocenters. The molecule has 2 heterocycles. The molecule has 4 aliphatic rings. The van der Waals surface area contributed by atoms with E-state index in [1.165, 1.54) is 24.5 Å². The molecule has 2 bridgehead atoms. The number of likely N-dealkylation sites (tertiary alicyclic amines) is 1. The lowest BCUT2D eigenvalue weighted by molar-refractivity contribution is -0.226. The minimum Gasteiger partial charge on any atom is -0.459 e. The Morgan fingerprint density at radius 2 is 2.13 bits per heavy atom. The zero-order chi connectivity index (χ0) is 20.9. The van der Waals surface area contributed by atoms with E-state index in [4.69, 9.17) is 11.3 Å². The van der Waals surface area contributed by atoms with Gasteiger partial charge in [-0.05, 0) is 37.0 Å². The minimum atomic E-state index is -1.10. The van der Waals surface area contributed by atoms with Gasteiger partial charge in [0.1, 0.15) is 18.2 Å². The third kappa shape index (κ3) is 3.00. The predicted octanol–water partition coefficient (Wildman–Crippen LogP) is 4.03. The smallest absolute Gasteiger partial charge is 0.328 e. The van der Waals surface area contributed by atoms with Gasteiger partial charge in [-0.1, -0.05) is 23.7 Å². The van der Waals surface area contributed by atoms with Gasteiger partial charge in [-0.15, -0.1) is 0 Å². The summed E-state index contributed by atoms with van der Waals surface area (Å²) in [4.78, 5) is 26.1. The highest BCUT2D eigenvalue weighted by Gasteiger charge is 2.73. The van der Waals surface area contributed by atoms with Crippen LogP contribution in [0.25, 0.3) is 4.85 Å². The Labute approximate surface area is 172 Å². The van der Waals surface area contributed by atoms with Crippen molar-refractivity contribution in [3.8, 4) is 5.88 Å². The third-order valence-electron chi connectivity index (χ3n) is 6.58. The molecule has 8 heteroatoms. The number of nitrogens with zero attached hydrogens (tertiary/aromatic N) is 4. The molecular formula is C22H20F2N4O2. The van der Waals surface area contributed by atoms with Crippen molar-refractivity contribution in [3.05, 3.63) is 59.5 Å². The largest absolute Gasteiger partial charge is 0.459 e. The second kappa shape index (κ2) is 6.73. The molecule has 6 nitrogen and oxygen atoms in total. The number of ether oxygens (including phenoxy) is 1. The number of aromatic nitrogens is 2. The molecule has 3 saturated carbocycles. The Hall–Kier alpha value is -3.08. The summed E-state index contributed by atoms with van der Waals surface area (Å²) in [5.74, 6) is 0.0670. The fraction of sp³-hybridized carbons (Fsp3) is 0.455. The van der Waals surface area contributed by atoms with Gasteiger partial charge in [0.2, 0.25) is 5.91 Å². The zero-order valence-electron chi connectivity index (χ0n) is 16.2. The van der Waals surface area contributed by atoms with E-state index in [0.29, 0.717) is 37.3 Å². The molecule has 2 aromatic rings. The first-order valence-corrected chi connectivity index (χ1v) is 9.95. The van der Waals surface area contributed by atoms with Gasteiger partial charge >= 0.3 is 5.88 Å². The first kappa shape index (κ1) is 18.9. The number of hydrogen-bond donors (Lipinski definition) is 0. The Balaban J connectivity index is 1.23. The number of halogens is 2. The van der Waals surface area contributed by atoms with Crippen molar-refractivity contribution in [1.82, 2.24) is 14.9 Å². The Morgan fingerprint density at radius 1 is 1.33 bits per heavy atom. The van der Waals surface area contributed by atoms with Crippen LogP contribution in [0, 0.1) is 23.2 Å². The van der Waals surface area contributed by atoms with E-state index in [0.717, 1.165) is 0 Å². The van der Waals surface area contributed by atoms with Crippen molar-refractivity contribution in [2.24, 2.45) is 10.8 Å². The van der Waals surface area contributed by atoms with E-state index in [2.05, 4.69) is 14.8 Å². The lowest BCUT2D eigenvalue weighted by Gasteiger charge is -2.69. The number of hydrogen-bond acceptors (Lipinski definition) is 4. The van der Waals surface area contributed by atoms with Crippen LogP contribution in [0.3, 0.4) is 0 Å². The highest BCUT2D eigenvalue weighted by atomic mass is 19.1. The third-order valence-corrected chi connectivity index (χ3v) is 6.58. The van der Waals surface area contributed by atoms with Crippen molar-refractivity contribution < 1.29 is 18.3 Å². The summed E-state index contributed by atoms with van der Waals surface area (Å²) < 4.78 is 33.6. The summed E-state index contributed by atoms with van der Waals surface area (Å²) in [5.41, 5.74) is 0.115. The molecule has 0 spiro atoms. The van der Waals surface area contributed by atoms with Crippen LogP contribution in [-0.2, 0) is 4.79 Å². The molecule has 1 aromatic carbocycles. The molecule has 154 valence electrons. The molecule has 1 saturated heterocycles. The molecule has 6 rings (SSSR count). The van der Waals surface area contributed by atoms with Gasteiger partial charge in [-0.2, -0.15) is 0 Å². The van der Waals surface area contributed by atoms with E-state index in [-0.39, 0.29) is 35.9 Å². The van der Waals surface area contributed by atoms with Gasteiger partial charge in [0, 0.05) is 11.8 Å². The van der Waals surface area contributed by atoms with Crippen LogP contribution in [0.1, 0.15) is 37.3 Å². The van der Waals surface area contributed by atoms with Crippen LogP contribution in [0.2, 0.25) is 0 Å². The van der Waals surface area contributed by atoms with E-state index >= 15 is 0 Å². The first-order valence-electron chi connectivity index (χ1n) is 9.95. The Kier molecular flexibility index (Phi) is 4.24. The summed E-state index contributed by atoms with van der Waals surface area (Å²) in [5, 5.41) is 0. The fourth-order valence-corrected chi connectivity index (χ4v) is 5.41. The highest BCUT2D eigenvalue weighted by Crippen LogP contribution is 2.74. The average Bonchev–Trinajstić information content (AvgIpc) is 3.08.